The van der Waals surface area contributed by atoms with E-state index in [1.807, 2.05) is 48.5 Å². The molecule has 0 spiro atoms. The van der Waals surface area contributed by atoms with Crippen molar-refractivity contribution in [2.24, 2.45) is 5.92 Å². The Morgan fingerprint density at radius 2 is 1.76 bits per heavy atom. The maximum absolute atomic E-state index is 12.8. The predicted molar refractivity (Wildman–Crippen MR) is 115 cm³/mol. The van der Waals surface area contributed by atoms with Gasteiger partial charge in [0.05, 0.1) is 30.6 Å². The van der Waals surface area contributed by atoms with E-state index in [4.69, 9.17) is 4.74 Å². The van der Waals surface area contributed by atoms with E-state index in [0.717, 1.165) is 61.5 Å². The van der Waals surface area contributed by atoms with E-state index in [-0.39, 0.29) is 18.2 Å². The van der Waals surface area contributed by atoms with Gasteiger partial charge in [0.2, 0.25) is 0 Å². The molecule has 1 atom stereocenters. The van der Waals surface area contributed by atoms with E-state index in [1.165, 1.54) is 0 Å². The van der Waals surface area contributed by atoms with Gasteiger partial charge in [0.15, 0.2) is 0 Å². The van der Waals surface area contributed by atoms with Gasteiger partial charge in [0.25, 0.3) is 0 Å². The van der Waals surface area contributed by atoms with Crippen LogP contribution in [0, 0.1) is 5.92 Å². The molecule has 2 aliphatic rings. The number of hydrogen-bond acceptors (Lipinski definition) is 4. The van der Waals surface area contributed by atoms with Crippen molar-refractivity contribution in [1.29, 1.82) is 0 Å². The molecular weight excluding hydrogens is 366 g/mol. The zero-order valence-electron chi connectivity index (χ0n) is 16.8. The largest absolute Gasteiger partial charge is 0.497 e. The summed E-state index contributed by atoms with van der Waals surface area (Å²) in [4.78, 5) is 15.1. The number of ether oxygens (including phenoxy) is 1. The molecule has 1 saturated heterocycles. The number of aliphatic hydroxyl groups excluding tert-OH is 1. The number of nitrogens with zero attached hydrogens (tertiary/aromatic N) is 1. The van der Waals surface area contributed by atoms with Crippen LogP contribution in [0.5, 0.6) is 5.75 Å². The van der Waals surface area contributed by atoms with Gasteiger partial charge in [-0.2, -0.15) is 0 Å². The van der Waals surface area contributed by atoms with Gasteiger partial charge in [0, 0.05) is 13.1 Å². The van der Waals surface area contributed by atoms with Crippen molar-refractivity contribution in [3.8, 4) is 5.75 Å². The Bertz CT molecular complexity index is 828. The number of anilines is 2. The third kappa shape index (κ3) is 4.82. The Balaban J connectivity index is 1.44. The highest BCUT2D eigenvalue weighted by molar-refractivity contribution is 5.93. The van der Waals surface area contributed by atoms with E-state index >= 15 is 0 Å². The number of urea groups is 1. The number of hydrogen-bond donors (Lipinski definition) is 3. The second-order valence-electron chi connectivity index (χ2n) is 7.92. The van der Waals surface area contributed by atoms with Crippen LogP contribution >= 0.6 is 0 Å². The zero-order valence-corrected chi connectivity index (χ0v) is 16.8. The topological polar surface area (TPSA) is 73.8 Å². The first kappa shape index (κ1) is 19.6. The number of benzene rings is 2. The number of aliphatic hydroxyl groups is 1. The molecule has 3 N–H and O–H groups in total. The number of nitrogens with one attached hydrogen (secondary N) is 2. The van der Waals surface area contributed by atoms with E-state index in [1.54, 1.807) is 7.11 Å². The van der Waals surface area contributed by atoms with Crippen LogP contribution in [-0.2, 0) is 0 Å². The van der Waals surface area contributed by atoms with Crippen LogP contribution in [0.1, 0.15) is 37.3 Å². The van der Waals surface area contributed by atoms with Gasteiger partial charge >= 0.3 is 6.03 Å². The van der Waals surface area contributed by atoms with Crippen LogP contribution in [0.2, 0.25) is 0 Å². The van der Waals surface area contributed by atoms with Crippen molar-refractivity contribution in [2.75, 3.05) is 30.4 Å². The summed E-state index contributed by atoms with van der Waals surface area (Å²) >= 11 is 0. The summed E-state index contributed by atoms with van der Waals surface area (Å²) in [5, 5.41) is 16.0. The molecule has 2 amide bonds. The molecule has 0 radical (unpaired) electrons. The number of rotatable bonds is 6. The fraction of sp³-hybridized carbons (Fsp3) is 0.435. The molecule has 6 heteroatoms. The number of carbonyl (C=O) groups is 1. The lowest BCUT2D eigenvalue weighted by molar-refractivity contribution is 0.145. The minimum Gasteiger partial charge on any atom is -0.497 e. The average molecular weight is 396 g/mol. The van der Waals surface area contributed by atoms with Gasteiger partial charge in [-0.15, -0.1) is 0 Å². The quantitative estimate of drug-likeness (QED) is 0.693. The van der Waals surface area contributed by atoms with Crippen molar-refractivity contribution in [3.05, 3.63) is 54.1 Å². The summed E-state index contributed by atoms with van der Waals surface area (Å²) in [7, 11) is 1.65. The molecule has 154 valence electrons. The van der Waals surface area contributed by atoms with Gasteiger partial charge in [-0.25, -0.2) is 4.79 Å². The van der Waals surface area contributed by atoms with E-state index in [9.17, 15) is 9.90 Å². The van der Waals surface area contributed by atoms with Gasteiger partial charge in [-0.05, 0) is 61.4 Å². The lowest BCUT2D eigenvalue weighted by Gasteiger charge is -2.33. The third-order valence-electron chi connectivity index (χ3n) is 5.81. The summed E-state index contributed by atoms with van der Waals surface area (Å²) in [6.45, 7) is 1.58. The van der Waals surface area contributed by atoms with Crippen LogP contribution in [0.25, 0.3) is 0 Å². The molecule has 1 heterocycles. The Morgan fingerprint density at radius 1 is 1.07 bits per heavy atom. The number of methoxy groups -OCH3 is 1. The number of carbonyl (C=O) groups excluding carboxylic acids is 1. The van der Waals surface area contributed by atoms with Crippen molar-refractivity contribution >= 4 is 17.4 Å². The zero-order chi connectivity index (χ0) is 20.2. The van der Waals surface area contributed by atoms with Crippen LogP contribution in [0.3, 0.4) is 0 Å². The highest BCUT2D eigenvalue weighted by atomic mass is 16.5. The molecule has 2 aromatic rings. The first-order chi connectivity index (χ1) is 14.1. The molecular formula is C23H29N3O3. The molecule has 0 bridgehead atoms. The Morgan fingerprint density at radius 3 is 2.41 bits per heavy atom. The van der Waals surface area contributed by atoms with Crippen LogP contribution in [-0.4, -0.2) is 37.4 Å². The lowest BCUT2D eigenvalue weighted by atomic mass is 10.0. The smallest absolute Gasteiger partial charge is 0.319 e. The highest BCUT2D eigenvalue weighted by Gasteiger charge is 2.33. The maximum Gasteiger partial charge on any atom is 0.319 e. The van der Waals surface area contributed by atoms with E-state index < -0.39 is 0 Å². The summed E-state index contributed by atoms with van der Waals surface area (Å²) in [6.07, 6.45) is 3.54. The highest BCUT2D eigenvalue weighted by Crippen LogP contribution is 2.41. The van der Waals surface area contributed by atoms with Gasteiger partial charge < -0.3 is 25.4 Å². The van der Waals surface area contributed by atoms with Crippen molar-refractivity contribution < 1.29 is 14.6 Å². The SMILES string of the molecule is COc1ccc([C@H](NC(=O)Nc2ccccc2N2CCC(O)CC2)C2CC2)cc1. The number of para-hydroxylation sites is 2. The van der Waals surface area contributed by atoms with Crippen molar-refractivity contribution in [2.45, 2.75) is 37.8 Å². The molecule has 2 fully saturated rings. The fourth-order valence-corrected chi connectivity index (χ4v) is 3.98. The van der Waals surface area contributed by atoms with E-state index in [2.05, 4.69) is 15.5 Å². The standard InChI is InChI=1S/C23H29N3O3/c1-29-19-10-8-17(9-11-19)22(16-6-7-16)25-23(28)24-20-4-2-3-5-21(20)26-14-12-18(27)13-15-26/h2-5,8-11,16,18,22,27H,6-7,12-15H2,1H3,(H2,24,25,28)/t22-/m1/s1. The second kappa shape index (κ2) is 8.74. The third-order valence-corrected chi connectivity index (χ3v) is 5.81. The maximum atomic E-state index is 12.8. The first-order valence-electron chi connectivity index (χ1n) is 10.4. The Kier molecular flexibility index (Phi) is 5.90. The van der Waals surface area contributed by atoms with Crippen LogP contribution < -0.4 is 20.3 Å². The first-order valence-corrected chi connectivity index (χ1v) is 10.4. The lowest BCUT2D eigenvalue weighted by Crippen LogP contribution is -2.37. The molecule has 1 aliphatic carbocycles. The molecule has 29 heavy (non-hydrogen) atoms. The monoisotopic (exact) mass is 395 g/mol. The summed E-state index contributed by atoms with van der Waals surface area (Å²) < 4.78 is 5.24. The van der Waals surface area contributed by atoms with Gasteiger partial charge in [-0.1, -0.05) is 24.3 Å². The molecule has 1 saturated carbocycles. The van der Waals surface area contributed by atoms with Crippen molar-refractivity contribution in [3.63, 3.8) is 0 Å². The van der Waals surface area contributed by atoms with Crippen molar-refractivity contribution in [1.82, 2.24) is 5.32 Å². The molecule has 0 aromatic heterocycles. The molecule has 1 aliphatic heterocycles. The van der Waals surface area contributed by atoms with Crippen LogP contribution in [0.15, 0.2) is 48.5 Å². The molecule has 0 unspecified atom stereocenters. The molecule has 6 nitrogen and oxygen atoms in total. The minimum atomic E-state index is -0.224. The average Bonchev–Trinajstić information content (AvgIpc) is 3.58. The predicted octanol–water partition coefficient (Wildman–Crippen LogP) is 3.93. The number of amides is 2. The number of piperidine rings is 1. The summed E-state index contributed by atoms with van der Waals surface area (Å²) in [5.41, 5.74) is 2.90. The summed E-state index contributed by atoms with van der Waals surface area (Å²) in [6, 6.07) is 15.6. The van der Waals surface area contributed by atoms with Crippen LogP contribution in [0.4, 0.5) is 16.2 Å². The Labute approximate surface area is 171 Å². The fourth-order valence-electron chi connectivity index (χ4n) is 3.98. The molecule has 4 rings (SSSR count). The van der Waals surface area contributed by atoms with E-state index in [0.29, 0.717) is 5.92 Å². The Hall–Kier alpha value is -2.73. The minimum absolute atomic E-state index is 0.00166. The molecule has 2 aromatic carbocycles. The van der Waals surface area contributed by atoms with Gasteiger partial charge in [0.1, 0.15) is 5.75 Å². The second-order valence-corrected chi connectivity index (χ2v) is 7.92. The summed E-state index contributed by atoms with van der Waals surface area (Å²) in [5.74, 6) is 1.29. The van der Waals surface area contributed by atoms with Gasteiger partial charge in [-0.3, -0.25) is 0 Å². The normalized spacial score (nSPS) is 18.2.